The summed E-state index contributed by atoms with van der Waals surface area (Å²) in [5.74, 6) is -0.283. The maximum Gasteiger partial charge on any atom is 0.146 e. The van der Waals surface area contributed by atoms with Gasteiger partial charge in [-0.15, -0.1) is 0 Å². The molecule has 0 aliphatic carbocycles. The molecule has 2 N–H and O–H groups in total. The highest BCUT2D eigenvalue weighted by atomic mass is 19.1. The largest absolute Gasteiger partial charge is 0.396 e. The minimum atomic E-state index is -0.411. The Hall–Kier alpha value is -1.38. The van der Waals surface area contributed by atoms with E-state index in [9.17, 15) is 9.18 Å². The summed E-state index contributed by atoms with van der Waals surface area (Å²) in [5.41, 5.74) is 6.40. The molecule has 1 rings (SSSR count). The molecule has 3 heteroatoms. The molecule has 0 aliphatic rings. The molecule has 0 aliphatic heterocycles. The lowest BCUT2D eigenvalue weighted by Crippen LogP contribution is -1.96. The van der Waals surface area contributed by atoms with Crippen LogP contribution in [0.4, 0.5) is 10.1 Å². The summed E-state index contributed by atoms with van der Waals surface area (Å²) in [4.78, 5) is 10.7. The zero-order chi connectivity index (χ0) is 9.84. The summed E-state index contributed by atoms with van der Waals surface area (Å²) in [6.45, 7) is 1.53. The lowest BCUT2D eigenvalue weighted by atomic mass is 10.1. The number of rotatable bonds is 3. The van der Waals surface area contributed by atoms with Crippen LogP contribution in [0.5, 0.6) is 0 Å². The van der Waals surface area contributed by atoms with Crippen molar-refractivity contribution in [2.45, 2.75) is 19.8 Å². The van der Waals surface area contributed by atoms with Gasteiger partial charge in [0.05, 0.1) is 5.69 Å². The number of carbonyl (C=O) groups excluding carboxylic acids is 1. The van der Waals surface area contributed by atoms with Crippen molar-refractivity contribution in [3.8, 4) is 0 Å². The fraction of sp³-hybridized carbons (Fsp3) is 0.300. The number of aryl methyl sites for hydroxylation is 1. The van der Waals surface area contributed by atoms with Crippen LogP contribution in [-0.4, -0.2) is 5.78 Å². The molecule has 1 aromatic rings. The summed E-state index contributed by atoms with van der Waals surface area (Å²) in [6.07, 6.45) is 1.10. The molecule has 0 amide bonds. The molecule has 0 aromatic heterocycles. The Labute approximate surface area is 76.6 Å². The number of hydrogen-bond donors (Lipinski definition) is 1. The Balaban J connectivity index is 2.68. The van der Waals surface area contributed by atoms with Gasteiger partial charge in [0.1, 0.15) is 11.6 Å². The maximum absolute atomic E-state index is 12.7. The zero-order valence-corrected chi connectivity index (χ0v) is 7.51. The average molecular weight is 181 g/mol. The standard InChI is InChI=1S/C10H12FNO/c1-7(13)2-3-8-4-5-9(11)10(12)6-8/h4-6H,2-3,12H2,1H3. The Morgan fingerprint density at radius 1 is 1.54 bits per heavy atom. The van der Waals surface area contributed by atoms with E-state index in [4.69, 9.17) is 5.73 Å². The molecule has 1 aromatic carbocycles. The monoisotopic (exact) mass is 181 g/mol. The predicted octanol–water partition coefficient (Wildman–Crippen LogP) is 1.93. The molecular formula is C10H12FNO. The van der Waals surface area contributed by atoms with E-state index in [2.05, 4.69) is 0 Å². The average Bonchev–Trinajstić information content (AvgIpc) is 2.07. The van der Waals surface area contributed by atoms with Crippen LogP contribution in [0.25, 0.3) is 0 Å². The van der Waals surface area contributed by atoms with E-state index in [1.54, 1.807) is 12.1 Å². The Morgan fingerprint density at radius 3 is 2.77 bits per heavy atom. The van der Waals surface area contributed by atoms with Gasteiger partial charge in [-0.3, -0.25) is 0 Å². The van der Waals surface area contributed by atoms with Gasteiger partial charge in [-0.1, -0.05) is 6.07 Å². The van der Waals surface area contributed by atoms with Gasteiger partial charge in [-0.2, -0.15) is 0 Å². The van der Waals surface area contributed by atoms with Crippen molar-refractivity contribution < 1.29 is 9.18 Å². The third-order valence-electron chi connectivity index (χ3n) is 1.83. The number of halogens is 1. The van der Waals surface area contributed by atoms with Gasteiger partial charge in [-0.05, 0) is 31.0 Å². The molecule has 0 radical (unpaired) electrons. The third-order valence-corrected chi connectivity index (χ3v) is 1.83. The van der Waals surface area contributed by atoms with E-state index >= 15 is 0 Å². The molecule has 0 fully saturated rings. The van der Waals surface area contributed by atoms with Crippen LogP contribution in [0.15, 0.2) is 18.2 Å². The van der Waals surface area contributed by atoms with Crippen molar-refractivity contribution in [1.82, 2.24) is 0 Å². The molecule has 0 heterocycles. The second-order valence-electron chi connectivity index (χ2n) is 3.06. The number of Topliss-reactive ketones (excluding diaryl/α,β-unsaturated/α-hetero) is 1. The summed E-state index contributed by atoms with van der Waals surface area (Å²) in [5, 5.41) is 0. The van der Waals surface area contributed by atoms with Crippen LogP contribution < -0.4 is 5.73 Å². The summed E-state index contributed by atoms with van der Waals surface area (Å²) in [7, 11) is 0. The first-order valence-electron chi connectivity index (χ1n) is 4.13. The molecule has 0 atom stereocenters. The molecule has 0 spiro atoms. The Bertz CT molecular complexity index is 323. The van der Waals surface area contributed by atoms with Gasteiger partial charge >= 0.3 is 0 Å². The van der Waals surface area contributed by atoms with Crippen molar-refractivity contribution in [3.05, 3.63) is 29.6 Å². The van der Waals surface area contributed by atoms with E-state index in [0.29, 0.717) is 12.8 Å². The maximum atomic E-state index is 12.7. The van der Waals surface area contributed by atoms with Crippen LogP contribution >= 0.6 is 0 Å². The highest BCUT2D eigenvalue weighted by Crippen LogP contribution is 2.13. The first kappa shape index (κ1) is 9.71. The minimum Gasteiger partial charge on any atom is -0.396 e. The Kier molecular flexibility index (Phi) is 3.01. The number of nitrogen functional groups attached to an aromatic ring is 1. The summed E-state index contributed by atoms with van der Waals surface area (Å²) >= 11 is 0. The van der Waals surface area contributed by atoms with Crippen molar-refractivity contribution in [2.24, 2.45) is 0 Å². The lowest BCUT2D eigenvalue weighted by Gasteiger charge is -2.01. The quantitative estimate of drug-likeness (QED) is 0.724. The minimum absolute atomic E-state index is 0.128. The summed E-state index contributed by atoms with van der Waals surface area (Å²) < 4.78 is 12.7. The highest BCUT2D eigenvalue weighted by Gasteiger charge is 2.00. The van der Waals surface area contributed by atoms with E-state index < -0.39 is 5.82 Å². The lowest BCUT2D eigenvalue weighted by molar-refractivity contribution is -0.116. The van der Waals surface area contributed by atoms with Gasteiger partial charge in [0, 0.05) is 6.42 Å². The highest BCUT2D eigenvalue weighted by molar-refractivity contribution is 5.75. The van der Waals surface area contributed by atoms with Crippen molar-refractivity contribution in [3.63, 3.8) is 0 Å². The molecule has 13 heavy (non-hydrogen) atoms. The van der Waals surface area contributed by atoms with Gasteiger partial charge in [0.25, 0.3) is 0 Å². The predicted molar refractivity (Wildman–Crippen MR) is 49.8 cm³/mol. The molecule has 0 saturated carbocycles. The van der Waals surface area contributed by atoms with Crippen LogP contribution in [0.3, 0.4) is 0 Å². The van der Waals surface area contributed by atoms with Crippen LogP contribution in [0.1, 0.15) is 18.9 Å². The first-order chi connectivity index (χ1) is 6.09. The smallest absolute Gasteiger partial charge is 0.146 e. The van der Waals surface area contributed by atoms with Gasteiger partial charge < -0.3 is 10.5 Å². The van der Waals surface area contributed by atoms with E-state index in [-0.39, 0.29) is 11.5 Å². The van der Waals surface area contributed by atoms with Crippen molar-refractivity contribution in [2.75, 3.05) is 5.73 Å². The number of benzene rings is 1. The number of hydrogen-bond acceptors (Lipinski definition) is 2. The van der Waals surface area contributed by atoms with E-state index in [1.165, 1.54) is 13.0 Å². The summed E-state index contributed by atoms with van der Waals surface area (Å²) in [6, 6.07) is 4.54. The van der Waals surface area contributed by atoms with Crippen molar-refractivity contribution in [1.29, 1.82) is 0 Å². The zero-order valence-electron chi connectivity index (χ0n) is 7.51. The second-order valence-corrected chi connectivity index (χ2v) is 3.06. The molecule has 0 bridgehead atoms. The fourth-order valence-electron chi connectivity index (χ4n) is 1.07. The van der Waals surface area contributed by atoms with Gasteiger partial charge in [-0.25, -0.2) is 4.39 Å². The third kappa shape index (κ3) is 2.86. The number of nitrogens with two attached hydrogens (primary N) is 1. The van der Waals surface area contributed by atoms with Crippen molar-refractivity contribution >= 4 is 11.5 Å². The Morgan fingerprint density at radius 2 is 2.23 bits per heavy atom. The normalized spacial score (nSPS) is 10.0. The topological polar surface area (TPSA) is 43.1 Å². The number of carbonyl (C=O) groups is 1. The second kappa shape index (κ2) is 4.03. The van der Waals surface area contributed by atoms with E-state index in [1.807, 2.05) is 0 Å². The van der Waals surface area contributed by atoms with Gasteiger partial charge in [0.15, 0.2) is 0 Å². The van der Waals surface area contributed by atoms with Crippen LogP contribution in [-0.2, 0) is 11.2 Å². The SMILES string of the molecule is CC(=O)CCc1ccc(F)c(N)c1. The van der Waals surface area contributed by atoms with Crippen LogP contribution in [0.2, 0.25) is 0 Å². The molecule has 0 saturated heterocycles. The molecular weight excluding hydrogens is 169 g/mol. The number of anilines is 1. The molecule has 0 unspecified atom stereocenters. The number of ketones is 1. The molecule has 70 valence electrons. The van der Waals surface area contributed by atoms with E-state index in [0.717, 1.165) is 5.56 Å². The first-order valence-corrected chi connectivity index (χ1v) is 4.13. The molecule has 2 nitrogen and oxygen atoms in total. The van der Waals surface area contributed by atoms with Gasteiger partial charge in [0.2, 0.25) is 0 Å². The van der Waals surface area contributed by atoms with Crippen LogP contribution in [0, 0.1) is 5.82 Å². The fourth-order valence-corrected chi connectivity index (χ4v) is 1.07.